The molecule has 176 valence electrons. The summed E-state index contributed by atoms with van der Waals surface area (Å²) in [6, 6.07) is 17.1. The zero-order valence-electron chi connectivity index (χ0n) is 20.2. The van der Waals surface area contributed by atoms with Crippen LogP contribution in [0.1, 0.15) is 99.3 Å². The van der Waals surface area contributed by atoms with E-state index in [1.165, 1.54) is 75.3 Å². The van der Waals surface area contributed by atoms with Crippen LogP contribution in [0.15, 0.2) is 48.5 Å². The van der Waals surface area contributed by atoms with Gasteiger partial charge in [-0.05, 0) is 40.5 Å². The second-order valence-corrected chi connectivity index (χ2v) is 10.7. The van der Waals surface area contributed by atoms with Crippen LogP contribution in [-0.2, 0) is 28.9 Å². The lowest BCUT2D eigenvalue weighted by atomic mass is 9.85. The molecular formula is C31H40O2. The molecule has 0 atom stereocenters. The molecule has 0 bridgehead atoms. The van der Waals surface area contributed by atoms with E-state index in [0.717, 1.165) is 30.4 Å². The van der Waals surface area contributed by atoms with Gasteiger partial charge >= 0.3 is 0 Å². The Morgan fingerprint density at radius 2 is 0.848 bits per heavy atom. The molecule has 2 aliphatic rings. The summed E-state index contributed by atoms with van der Waals surface area (Å²) in [6.07, 6.45) is 16.3. The van der Waals surface area contributed by atoms with Gasteiger partial charge in [0.05, 0.1) is 0 Å². The van der Waals surface area contributed by atoms with Crippen molar-refractivity contribution in [3.63, 3.8) is 0 Å². The fraction of sp³-hybridized carbons (Fsp3) is 0.548. The first-order valence-corrected chi connectivity index (χ1v) is 13.3. The fourth-order valence-corrected chi connectivity index (χ4v) is 5.81. The Balaban J connectivity index is 1.22. The summed E-state index contributed by atoms with van der Waals surface area (Å²) in [4.78, 5) is 24.9. The first-order chi connectivity index (χ1) is 16.1. The van der Waals surface area contributed by atoms with Gasteiger partial charge in [-0.3, -0.25) is 9.59 Å². The van der Waals surface area contributed by atoms with E-state index in [1.807, 2.05) is 0 Å². The summed E-state index contributed by atoms with van der Waals surface area (Å²) in [5.41, 5.74) is 4.79. The lowest BCUT2D eigenvalue weighted by Crippen LogP contribution is -2.13. The summed E-state index contributed by atoms with van der Waals surface area (Å²) in [7, 11) is 0. The zero-order valence-corrected chi connectivity index (χ0v) is 20.2. The number of benzene rings is 2. The van der Waals surface area contributed by atoms with Crippen molar-refractivity contribution in [1.29, 1.82) is 0 Å². The largest absolute Gasteiger partial charge is 0.299 e. The van der Waals surface area contributed by atoms with Crippen LogP contribution in [0.25, 0.3) is 0 Å². The maximum Gasteiger partial charge on any atom is 0.137 e. The summed E-state index contributed by atoms with van der Waals surface area (Å²) >= 11 is 0. The topological polar surface area (TPSA) is 34.1 Å². The van der Waals surface area contributed by atoms with Gasteiger partial charge in [-0.2, -0.15) is 0 Å². The highest BCUT2D eigenvalue weighted by molar-refractivity contribution is 5.81. The minimum atomic E-state index is 0.392. The predicted octanol–water partition coefficient (Wildman–Crippen LogP) is 7.44. The maximum atomic E-state index is 12.5. The third-order valence-corrected chi connectivity index (χ3v) is 7.74. The van der Waals surface area contributed by atoms with Gasteiger partial charge in [0.2, 0.25) is 0 Å². The summed E-state index contributed by atoms with van der Waals surface area (Å²) in [6.45, 7) is 0. The van der Waals surface area contributed by atoms with Crippen LogP contribution in [0.5, 0.6) is 0 Å². The molecule has 33 heavy (non-hydrogen) atoms. The zero-order chi connectivity index (χ0) is 22.9. The Bertz CT molecular complexity index is 806. The Morgan fingerprint density at radius 1 is 0.515 bits per heavy atom. The molecule has 2 aromatic carbocycles. The van der Waals surface area contributed by atoms with Crippen molar-refractivity contribution in [2.45, 2.75) is 96.3 Å². The fourth-order valence-electron chi connectivity index (χ4n) is 5.81. The second-order valence-electron chi connectivity index (χ2n) is 10.7. The van der Waals surface area contributed by atoms with Crippen LogP contribution >= 0.6 is 0 Å². The molecule has 4 rings (SSSR count). The monoisotopic (exact) mass is 444 g/mol. The number of carbonyl (C=O) groups excluding carboxylic acids is 2. The molecule has 2 heteroatoms. The first-order valence-electron chi connectivity index (χ1n) is 13.3. The molecule has 0 aromatic heterocycles. The van der Waals surface area contributed by atoms with Gasteiger partial charge in [0.1, 0.15) is 11.6 Å². The van der Waals surface area contributed by atoms with Crippen LogP contribution < -0.4 is 0 Å². The van der Waals surface area contributed by atoms with Gasteiger partial charge in [-0.25, -0.2) is 0 Å². The van der Waals surface area contributed by atoms with Gasteiger partial charge in [0, 0.05) is 25.7 Å². The van der Waals surface area contributed by atoms with Crippen LogP contribution in [0.2, 0.25) is 0 Å². The molecule has 0 N–H and O–H groups in total. The minimum absolute atomic E-state index is 0.392. The highest BCUT2D eigenvalue weighted by atomic mass is 16.1. The molecule has 0 heterocycles. The average Bonchev–Trinajstić information content (AvgIpc) is 2.83. The molecule has 2 nitrogen and oxygen atoms in total. The molecule has 2 fully saturated rings. The molecule has 0 spiro atoms. The van der Waals surface area contributed by atoms with Crippen LogP contribution in [0, 0.1) is 11.8 Å². The normalized spacial score (nSPS) is 17.7. The third kappa shape index (κ3) is 7.95. The smallest absolute Gasteiger partial charge is 0.137 e. The first kappa shape index (κ1) is 23.9. The Labute approximate surface area is 200 Å². The molecule has 0 amide bonds. The average molecular weight is 445 g/mol. The molecular weight excluding hydrogens is 404 g/mol. The number of Topliss-reactive ketones (excluding diaryl/α,β-unsaturated/α-hetero) is 2. The van der Waals surface area contributed by atoms with E-state index in [0.29, 0.717) is 36.2 Å². The van der Waals surface area contributed by atoms with E-state index in [2.05, 4.69) is 48.5 Å². The van der Waals surface area contributed by atoms with Gasteiger partial charge in [-0.15, -0.1) is 0 Å². The number of hydrogen-bond donors (Lipinski definition) is 0. The van der Waals surface area contributed by atoms with Gasteiger partial charge in [0.15, 0.2) is 0 Å². The van der Waals surface area contributed by atoms with E-state index in [9.17, 15) is 9.59 Å². The molecule has 0 unspecified atom stereocenters. The quantitative estimate of drug-likeness (QED) is 0.381. The Hall–Kier alpha value is -2.22. The van der Waals surface area contributed by atoms with Crippen molar-refractivity contribution in [3.8, 4) is 0 Å². The molecule has 2 aromatic rings. The van der Waals surface area contributed by atoms with Crippen molar-refractivity contribution in [2.75, 3.05) is 0 Å². The van der Waals surface area contributed by atoms with Crippen LogP contribution in [-0.4, -0.2) is 11.6 Å². The van der Waals surface area contributed by atoms with E-state index in [1.54, 1.807) is 0 Å². The SMILES string of the molecule is O=C(Cc1ccc(Cc2ccc(CC(=O)CC3CCCCC3)cc2)cc1)CC1CCCCC1. The summed E-state index contributed by atoms with van der Waals surface area (Å²) in [5, 5.41) is 0. The second kappa shape index (κ2) is 12.3. The number of carbonyl (C=O) groups is 2. The summed E-state index contributed by atoms with van der Waals surface area (Å²) < 4.78 is 0. The minimum Gasteiger partial charge on any atom is -0.299 e. The van der Waals surface area contributed by atoms with Gasteiger partial charge in [0.25, 0.3) is 0 Å². The van der Waals surface area contributed by atoms with Gasteiger partial charge in [-0.1, -0.05) is 113 Å². The van der Waals surface area contributed by atoms with Gasteiger partial charge < -0.3 is 0 Å². The Morgan fingerprint density at radius 3 is 1.21 bits per heavy atom. The molecule has 0 aliphatic heterocycles. The van der Waals surface area contributed by atoms with E-state index >= 15 is 0 Å². The van der Waals surface area contributed by atoms with E-state index < -0.39 is 0 Å². The van der Waals surface area contributed by atoms with Crippen molar-refractivity contribution in [2.24, 2.45) is 11.8 Å². The highest BCUT2D eigenvalue weighted by Gasteiger charge is 2.18. The van der Waals surface area contributed by atoms with Crippen molar-refractivity contribution < 1.29 is 9.59 Å². The molecule has 0 radical (unpaired) electrons. The lowest BCUT2D eigenvalue weighted by molar-refractivity contribution is -0.120. The highest BCUT2D eigenvalue weighted by Crippen LogP contribution is 2.28. The number of hydrogen-bond acceptors (Lipinski definition) is 2. The number of ketones is 2. The van der Waals surface area contributed by atoms with E-state index in [-0.39, 0.29) is 0 Å². The summed E-state index contributed by atoms with van der Waals surface area (Å²) in [5.74, 6) is 2.03. The maximum absolute atomic E-state index is 12.5. The van der Waals surface area contributed by atoms with Crippen LogP contribution in [0.3, 0.4) is 0 Å². The molecule has 2 saturated carbocycles. The van der Waals surface area contributed by atoms with E-state index in [4.69, 9.17) is 0 Å². The standard InChI is InChI=1S/C31H40O2/c32-30(20-24-7-3-1-4-8-24)22-28-15-11-26(12-16-28)19-27-13-17-29(18-14-27)23-31(33)21-25-9-5-2-6-10-25/h11-18,24-25H,1-10,19-23H2. The molecule has 2 aliphatic carbocycles. The lowest BCUT2D eigenvalue weighted by Gasteiger charge is -2.20. The van der Waals surface area contributed by atoms with Crippen molar-refractivity contribution in [1.82, 2.24) is 0 Å². The van der Waals surface area contributed by atoms with Crippen LogP contribution in [0.4, 0.5) is 0 Å². The van der Waals surface area contributed by atoms with Crippen molar-refractivity contribution >= 4 is 11.6 Å². The third-order valence-electron chi connectivity index (χ3n) is 7.74. The molecule has 0 saturated heterocycles. The predicted molar refractivity (Wildman–Crippen MR) is 135 cm³/mol. The van der Waals surface area contributed by atoms with Crippen molar-refractivity contribution in [3.05, 3.63) is 70.8 Å². The number of rotatable bonds is 10. The Kier molecular flexibility index (Phi) is 8.92.